The molecule has 0 aromatic carbocycles. The number of nitrogens with zero attached hydrogens (tertiary/aromatic N) is 1. The highest BCUT2D eigenvalue weighted by Gasteiger charge is 2.27. The third-order valence-electron chi connectivity index (χ3n) is 0.811. The van der Waals surface area contributed by atoms with Crippen molar-refractivity contribution < 1.29 is 10.2 Å². The lowest BCUT2D eigenvalue weighted by Gasteiger charge is -2.06. The Balaban J connectivity index is 2.67. The number of hydrogen-bond donors (Lipinski definition) is 2. The second-order valence-electron chi connectivity index (χ2n) is 1.69. The van der Waals surface area contributed by atoms with E-state index in [1.807, 2.05) is 0 Å². The van der Waals surface area contributed by atoms with Gasteiger partial charge in [-0.25, -0.2) is 4.99 Å². The van der Waals surface area contributed by atoms with Crippen molar-refractivity contribution in [2.24, 2.45) is 4.99 Å². The van der Waals surface area contributed by atoms with E-state index in [1.54, 1.807) is 6.92 Å². The summed E-state index contributed by atoms with van der Waals surface area (Å²) in [6, 6.07) is 0. The van der Waals surface area contributed by atoms with E-state index >= 15 is 0 Å². The van der Waals surface area contributed by atoms with Gasteiger partial charge in [0, 0.05) is 0 Å². The van der Waals surface area contributed by atoms with Crippen LogP contribution in [-0.2, 0) is 0 Å². The van der Waals surface area contributed by atoms with Crippen molar-refractivity contribution in [2.45, 2.75) is 12.8 Å². The zero-order valence-corrected chi connectivity index (χ0v) is 5.27. The van der Waals surface area contributed by atoms with Crippen molar-refractivity contribution in [3.05, 3.63) is 0 Å². The summed E-state index contributed by atoms with van der Waals surface area (Å²) in [5, 5.41) is 18.2. The van der Waals surface area contributed by atoms with Gasteiger partial charge in [-0.2, -0.15) is 0 Å². The maximum atomic E-state index is 8.71. The monoisotopic (exact) mass is 133 g/mol. The lowest BCUT2D eigenvalue weighted by molar-refractivity contribution is -0.129. The number of aliphatic imine (C=N–C) groups is 1. The molecule has 0 atom stereocenters. The molecular weight excluding hydrogens is 126 g/mol. The fourth-order valence-electron chi connectivity index (χ4n) is 0.518. The Labute approximate surface area is 51.4 Å². The summed E-state index contributed by atoms with van der Waals surface area (Å²) < 4.78 is 0. The first-order valence-electron chi connectivity index (χ1n) is 2.24. The van der Waals surface area contributed by atoms with Crippen LogP contribution in [0.1, 0.15) is 6.92 Å². The van der Waals surface area contributed by atoms with Gasteiger partial charge in [-0.05, 0) is 6.92 Å². The Hall–Kier alpha value is -0.0600. The third-order valence-corrected chi connectivity index (χ3v) is 1.85. The molecule has 0 bridgehead atoms. The topological polar surface area (TPSA) is 52.8 Å². The molecule has 3 nitrogen and oxygen atoms in total. The molecule has 0 aromatic rings. The molecule has 0 saturated heterocycles. The second kappa shape index (κ2) is 1.72. The fraction of sp³-hybridized carbons (Fsp3) is 0.750. The van der Waals surface area contributed by atoms with Gasteiger partial charge in [0.1, 0.15) is 0 Å². The molecule has 0 aromatic heterocycles. The summed E-state index contributed by atoms with van der Waals surface area (Å²) in [5.74, 6) is -1.52. The van der Waals surface area contributed by atoms with E-state index in [-0.39, 0.29) is 5.75 Å². The zero-order chi connectivity index (χ0) is 6.20. The van der Waals surface area contributed by atoms with Crippen LogP contribution in [-0.4, -0.2) is 26.9 Å². The van der Waals surface area contributed by atoms with E-state index in [4.69, 9.17) is 10.2 Å². The normalized spacial score (nSPS) is 25.6. The Bertz CT molecular complexity index is 132. The summed E-state index contributed by atoms with van der Waals surface area (Å²) in [7, 11) is 0. The van der Waals surface area contributed by atoms with Crippen LogP contribution in [0.4, 0.5) is 0 Å². The van der Waals surface area contributed by atoms with Gasteiger partial charge in [0.15, 0.2) is 0 Å². The van der Waals surface area contributed by atoms with Gasteiger partial charge in [0.05, 0.1) is 10.8 Å². The fourth-order valence-corrected chi connectivity index (χ4v) is 1.20. The predicted octanol–water partition coefficient (Wildman–Crippen LogP) is -0.210. The molecule has 46 valence electrons. The van der Waals surface area contributed by atoms with Crippen molar-refractivity contribution in [1.82, 2.24) is 0 Å². The predicted molar refractivity (Wildman–Crippen MR) is 32.7 cm³/mol. The molecule has 0 fully saturated rings. The van der Waals surface area contributed by atoms with Gasteiger partial charge in [-0.1, -0.05) is 0 Å². The molecule has 1 aliphatic rings. The number of thioether (sulfide) groups is 1. The van der Waals surface area contributed by atoms with Crippen LogP contribution in [0.2, 0.25) is 0 Å². The Morgan fingerprint density at radius 1 is 1.75 bits per heavy atom. The van der Waals surface area contributed by atoms with Gasteiger partial charge in [-0.3, -0.25) is 0 Å². The van der Waals surface area contributed by atoms with E-state index < -0.39 is 5.91 Å². The maximum absolute atomic E-state index is 8.71. The summed E-state index contributed by atoms with van der Waals surface area (Å²) >= 11 is 1.35. The summed E-state index contributed by atoms with van der Waals surface area (Å²) in [5.41, 5.74) is 0. The molecule has 0 amide bonds. The van der Waals surface area contributed by atoms with E-state index in [1.165, 1.54) is 11.8 Å². The SMILES string of the molecule is CC1=NC(O)(O)CS1. The molecule has 8 heavy (non-hydrogen) atoms. The van der Waals surface area contributed by atoms with E-state index in [0.29, 0.717) is 0 Å². The largest absolute Gasteiger partial charge is 0.347 e. The van der Waals surface area contributed by atoms with Crippen LogP contribution >= 0.6 is 11.8 Å². The summed E-state index contributed by atoms with van der Waals surface area (Å²) in [4.78, 5) is 3.51. The zero-order valence-electron chi connectivity index (χ0n) is 4.46. The molecule has 2 N–H and O–H groups in total. The number of hydrogen-bond acceptors (Lipinski definition) is 4. The van der Waals surface area contributed by atoms with Crippen LogP contribution in [0, 0.1) is 0 Å². The van der Waals surface area contributed by atoms with Crippen LogP contribution in [0.15, 0.2) is 4.99 Å². The Morgan fingerprint density at radius 2 is 2.38 bits per heavy atom. The number of rotatable bonds is 0. The minimum absolute atomic E-state index is 0.263. The molecule has 1 aliphatic heterocycles. The molecule has 0 unspecified atom stereocenters. The van der Waals surface area contributed by atoms with Gasteiger partial charge < -0.3 is 10.2 Å². The van der Waals surface area contributed by atoms with Crippen LogP contribution < -0.4 is 0 Å². The highest BCUT2D eigenvalue weighted by Crippen LogP contribution is 2.22. The maximum Gasteiger partial charge on any atom is 0.274 e. The quantitative estimate of drug-likeness (QED) is 0.449. The van der Waals surface area contributed by atoms with Crippen molar-refractivity contribution >= 4 is 16.8 Å². The van der Waals surface area contributed by atoms with Gasteiger partial charge in [0.25, 0.3) is 5.91 Å². The molecule has 0 radical (unpaired) electrons. The van der Waals surface area contributed by atoms with Gasteiger partial charge >= 0.3 is 0 Å². The first-order valence-corrected chi connectivity index (χ1v) is 3.23. The molecule has 0 spiro atoms. The van der Waals surface area contributed by atoms with Gasteiger partial charge in [0.2, 0.25) is 0 Å². The lowest BCUT2D eigenvalue weighted by Crippen LogP contribution is -2.24. The summed E-state index contributed by atoms with van der Waals surface area (Å²) in [6.07, 6.45) is 0. The van der Waals surface area contributed by atoms with Crippen molar-refractivity contribution in [1.29, 1.82) is 0 Å². The third kappa shape index (κ3) is 1.21. The van der Waals surface area contributed by atoms with Gasteiger partial charge in [-0.15, -0.1) is 11.8 Å². The highest BCUT2D eigenvalue weighted by molar-refractivity contribution is 8.14. The lowest BCUT2D eigenvalue weighted by atomic mass is 10.6. The van der Waals surface area contributed by atoms with Crippen LogP contribution in [0.3, 0.4) is 0 Å². The molecule has 1 rings (SSSR count). The smallest absolute Gasteiger partial charge is 0.274 e. The number of aliphatic hydroxyl groups is 2. The van der Waals surface area contributed by atoms with E-state index in [2.05, 4.69) is 4.99 Å². The first-order chi connectivity index (χ1) is 3.60. The van der Waals surface area contributed by atoms with Crippen LogP contribution in [0.25, 0.3) is 0 Å². The van der Waals surface area contributed by atoms with E-state index in [9.17, 15) is 0 Å². The molecule has 1 heterocycles. The minimum Gasteiger partial charge on any atom is -0.347 e. The van der Waals surface area contributed by atoms with Crippen molar-refractivity contribution in [2.75, 3.05) is 5.75 Å². The van der Waals surface area contributed by atoms with Crippen molar-refractivity contribution in [3.63, 3.8) is 0 Å². The highest BCUT2D eigenvalue weighted by atomic mass is 32.2. The standard InChI is InChI=1S/C4H7NO2S/c1-3-5-4(6,7)2-8-3/h6-7H,2H2,1H3. The first kappa shape index (κ1) is 6.07. The summed E-state index contributed by atoms with van der Waals surface area (Å²) in [6.45, 7) is 1.75. The molecule has 0 saturated carbocycles. The Morgan fingerprint density at radius 3 is 2.50 bits per heavy atom. The average molecular weight is 133 g/mol. The second-order valence-corrected chi connectivity index (χ2v) is 2.86. The minimum atomic E-state index is -1.78. The molecule has 0 aliphatic carbocycles. The Kier molecular flexibility index (Phi) is 1.30. The molecular formula is C4H7NO2S. The molecule has 4 heteroatoms. The van der Waals surface area contributed by atoms with Crippen LogP contribution in [0.5, 0.6) is 0 Å². The average Bonchev–Trinajstić information content (AvgIpc) is 1.82. The van der Waals surface area contributed by atoms with E-state index in [0.717, 1.165) is 5.04 Å². The van der Waals surface area contributed by atoms with Crippen molar-refractivity contribution in [3.8, 4) is 0 Å².